The number of rotatable bonds is 3. The normalized spacial score (nSPS) is 13.3. The molecule has 0 aromatic heterocycles. The average molecular weight is 354 g/mol. The van der Waals surface area contributed by atoms with Gasteiger partial charge < -0.3 is 5.32 Å². The summed E-state index contributed by atoms with van der Waals surface area (Å²) >= 11 is 9.36. The third kappa shape index (κ3) is 2.95. The van der Waals surface area contributed by atoms with Crippen molar-refractivity contribution in [3.05, 3.63) is 63.3 Å². The standard InChI is InChI=1S/C15H11BrClFN2/c1-15(9-19,11-8-10(16)6-7-13(11)18)20-14-5-3-2-4-12(14)17/h2-8,20H,1H3. The SMILES string of the molecule is CC(C#N)(Nc1ccccc1Cl)c1cc(Br)ccc1F. The quantitative estimate of drug-likeness (QED) is 0.834. The minimum Gasteiger partial charge on any atom is -0.363 e. The Morgan fingerprint density at radius 2 is 2.00 bits per heavy atom. The van der Waals surface area contributed by atoms with Crippen molar-refractivity contribution in [3.63, 3.8) is 0 Å². The molecule has 5 heteroatoms. The van der Waals surface area contributed by atoms with Crippen molar-refractivity contribution in [3.8, 4) is 6.07 Å². The number of anilines is 1. The summed E-state index contributed by atoms with van der Waals surface area (Å²) in [5.74, 6) is -0.447. The van der Waals surface area contributed by atoms with Gasteiger partial charge >= 0.3 is 0 Å². The first kappa shape index (κ1) is 14.8. The summed E-state index contributed by atoms with van der Waals surface area (Å²) in [6.07, 6.45) is 0. The van der Waals surface area contributed by atoms with Crippen LogP contribution < -0.4 is 5.32 Å². The number of hydrogen-bond donors (Lipinski definition) is 1. The highest BCUT2D eigenvalue weighted by molar-refractivity contribution is 9.10. The molecule has 0 bridgehead atoms. The molecule has 0 amide bonds. The zero-order valence-electron chi connectivity index (χ0n) is 10.6. The number of benzene rings is 2. The van der Waals surface area contributed by atoms with E-state index in [4.69, 9.17) is 11.6 Å². The topological polar surface area (TPSA) is 35.8 Å². The van der Waals surface area contributed by atoms with Gasteiger partial charge in [0.1, 0.15) is 5.82 Å². The van der Waals surface area contributed by atoms with Crippen LogP contribution in [0.3, 0.4) is 0 Å². The van der Waals surface area contributed by atoms with Crippen LogP contribution in [0.4, 0.5) is 10.1 Å². The number of halogens is 3. The Labute approximate surface area is 130 Å². The molecule has 1 unspecified atom stereocenters. The molecule has 0 saturated heterocycles. The van der Waals surface area contributed by atoms with Crippen LogP contribution in [0.2, 0.25) is 5.02 Å². The summed E-state index contributed by atoms with van der Waals surface area (Å²) in [5.41, 5.74) is -0.384. The maximum atomic E-state index is 14.0. The molecule has 0 fully saturated rings. The molecule has 1 N–H and O–H groups in total. The Hall–Kier alpha value is -1.57. The van der Waals surface area contributed by atoms with E-state index < -0.39 is 11.4 Å². The molecule has 2 aromatic carbocycles. The molecule has 1 atom stereocenters. The van der Waals surface area contributed by atoms with Crippen LogP contribution in [0.5, 0.6) is 0 Å². The van der Waals surface area contributed by atoms with Gasteiger partial charge in [0.05, 0.1) is 16.8 Å². The number of nitriles is 1. The Kier molecular flexibility index (Phi) is 4.32. The molecule has 0 aliphatic rings. The van der Waals surface area contributed by atoms with Crippen molar-refractivity contribution in [2.45, 2.75) is 12.5 Å². The number of nitrogens with one attached hydrogen (secondary N) is 1. The predicted octanol–water partition coefficient (Wildman–Crippen LogP) is 5.09. The smallest absolute Gasteiger partial charge is 0.151 e. The lowest BCUT2D eigenvalue weighted by atomic mass is 9.92. The highest BCUT2D eigenvalue weighted by Gasteiger charge is 2.30. The van der Waals surface area contributed by atoms with Crippen molar-refractivity contribution in [1.82, 2.24) is 0 Å². The van der Waals surface area contributed by atoms with Gasteiger partial charge in [0.2, 0.25) is 0 Å². The van der Waals surface area contributed by atoms with E-state index in [1.54, 1.807) is 43.3 Å². The minimum absolute atomic E-state index is 0.259. The second-order valence-corrected chi connectivity index (χ2v) is 5.79. The van der Waals surface area contributed by atoms with Gasteiger partial charge in [-0.15, -0.1) is 0 Å². The van der Waals surface area contributed by atoms with E-state index in [0.717, 1.165) is 0 Å². The van der Waals surface area contributed by atoms with Crippen molar-refractivity contribution in [2.75, 3.05) is 5.32 Å². The van der Waals surface area contributed by atoms with Crippen molar-refractivity contribution >= 4 is 33.2 Å². The zero-order chi connectivity index (χ0) is 14.8. The molecule has 0 spiro atoms. The summed E-state index contributed by atoms with van der Waals surface area (Å²) in [4.78, 5) is 0. The van der Waals surface area contributed by atoms with Gasteiger partial charge in [-0.2, -0.15) is 5.26 Å². The van der Waals surface area contributed by atoms with E-state index in [1.165, 1.54) is 6.07 Å². The van der Waals surface area contributed by atoms with Gasteiger partial charge in [-0.25, -0.2) is 4.39 Å². The van der Waals surface area contributed by atoms with Gasteiger partial charge in [-0.3, -0.25) is 0 Å². The summed E-state index contributed by atoms with van der Waals surface area (Å²) in [7, 11) is 0. The Morgan fingerprint density at radius 3 is 2.65 bits per heavy atom. The van der Waals surface area contributed by atoms with Crippen LogP contribution in [-0.2, 0) is 5.54 Å². The Morgan fingerprint density at radius 1 is 1.30 bits per heavy atom. The summed E-state index contributed by atoms with van der Waals surface area (Å²) in [6.45, 7) is 1.61. The molecule has 0 aliphatic heterocycles. The maximum Gasteiger partial charge on any atom is 0.151 e. The monoisotopic (exact) mass is 352 g/mol. The van der Waals surface area contributed by atoms with Gasteiger partial charge in [0, 0.05) is 10.0 Å². The van der Waals surface area contributed by atoms with Crippen LogP contribution in [0.15, 0.2) is 46.9 Å². The average Bonchev–Trinajstić information content (AvgIpc) is 2.44. The molecule has 2 nitrogen and oxygen atoms in total. The van der Waals surface area contributed by atoms with E-state index in [-0.39, 0.29) is 5.56 Å². The van der Waals surface area contributed by atoms with E-state index in [9.17, 15) is 9.65 Å². The first-order valence-electron chi connectivity index (χ1n) is 5.86. The first-order valence-corrected chi connectivity index (χ1v) is 7.03. The lowest BCUT2D eigenvalue weighted by Gasteiger charge is -2.26. The van der Waals surface area contributed by atoms with E-state index in [1.807, 2.05) is 0 Å². The first-order chi connectivity index (χ1) is 9.46. The molecule has 0 radical (unpaired) electrons. The predicted molar refractivity (Wildman–Crippen MR) is 82.1 cm³/mol. The van der Waals surface area contributed by atoms with Crippen LogP contribution in [0, 0.1) is 17.1 Å². The lowest BCUT2D eigenvalue weighted by molar-refractivity contribution is 0.570. The molecule has 20 heavy (non-hydrogen) atoms. The number of nitrogens with zero attached hydrogens (tertiary/aromatic N) is 1. The third-order valence-electron chi connectivity index (χ3n) is 2.95. The van der Waals surface area contributed by atoms with Crippen molar-refractivity contribution < 1.29 is 4.39 Å². The molecular weight excluding hydrogens is 343 g/mol. The molecular formula is C15H11BrClFN2. The fourth-order valence-corrected chi connectivity index (χ4v) is 2.41. The molecule has 2 aromatic rings. The summed E-state index contributed by atoms with van der Waals surface area (Å²) < 4.78 is 14.7. The second-order valence-electron chi connectivity index (χ2n) is 4.47. The maximum absolute atomic E-state index is 14.0. The van der Waals surface area contributed by atoms with Crippen LogP contribution in [-0.4, -0.2) is 0 Å². The third-order valence-corrected chi connectivity index (χ3v) is 3.77. The fourth-order valence-electron chi connectivity index (χ4n) is 1.87. The highest BCUT2D eigenvalue weighted by atomic mass is 79.9. The van der Waals surface area contributed by atoms with Crippen LogP contribution >= 0.6 is 27.5 Å². The summed E-state index contributed by atoms with van der Waals surface area (Å²) in [5, 5.41) is 12.9. The van der Waals surface area contributed by atoms with E-state index in [2.05, 4.69) is 27.3 Å². The summed E-state index contributed by atoms with van der Waals surface area (Å²) in [6, 6.07) is 13.6. The molecule has 0 aliphatic carbocycles. The van der Waals surface area contributed by atoms with Gasteiger partial charge in [-0.1, -0.05) is 39.7 Å². The zero-order valence-corrected chi connectivity index (χ0v) is 13.0. The number of hydrogen-bond acceptors (Lipinski definition) is 2. The second kappa shape index (κ2) is 5.82. The number of para-hydroxylation sites is 1. The fraction of sp³-hybridized carbons (Fsp3) is 0.133. The van der Waals surface area contributed by atoms with Crippen LogP contribution in [0.1, 0.15) is 12.5 Å². The van der Waals surface area contributed by atoms with E-state index >= 15 is 0 Å². The molecule has 102 valence electrons. The van der Waals surface area contributed by atoms with Crippen LogP contribution in [0.25, 0.3) is 0 Å². The molecule has 0 saturated carbocycles. The highest BCUT2D eigenvalue weighted by Crippen LogP contribution is 2.32. The van der Waals surface area contributed by atoms with Gasteiger partial charge in [0.15, 0.2) is 5.54 Å². The minimum atomic E-state index is -1.22. The Balaban J connectivity index is 2.47. The molecule has 2 rings (SSSR count). The van der Waals surface area contributed by atoms with Gasteiger partial charge in [0.25, 0.3) is 0 Å². The molecule has 0 heterocycles. The lowest BCUT2D eigenvalue weighted by Crippen LogP contribution is -2.31. The van der Waals surface area contributed by atoms with Crippen molar-refractivity contribution in [1.29, 1.82) is 5.26 Å². The Bertz CT molecular complexity index is 684. The van der Waals surface area contributed by atoms with E-state index in [0.29, 0.717) is 15.2 Å². The van der Waals surface area contributed by atoms with Gasteiger partial charge in [-0.05, 0) is 37.3 Å². The largest absolute Gasteiger partial charge is 0.363 e. The van der Waals surface area contributed by atoms with Crippen molar-refractivity contribution in [2.24, 2.45) is 0 Å².